The highest BCUT2D eigenvalue weighted by atomic mass is 16.4. The van der Waals surface area contributed by atoms with Crippen LogP contribution in [0.5, 0.6) is 0 Å². The fourth-order valence-corrected chi connectivity index (χ4v) is 1.78. The summed E-state index contributed by atoms with van der Waals surface area (Å²) in [6, 6.07) is -0.260. The van der Waals surface area contributed by atoms with Gasteiger partial charge in [-0.15, -0.1) is 0 Å². The van der Waals surface area contributed by atoms with Crippen LogP contribution in [0.2, 0.25) is 0 Å². The average Bonchev–Trinajstić information content (AvgIpc) is 2.26. The van der Waals surface area contributed by atoms with Crippen molar-refractivity contribution in [3.63, 3.8) is 0 Å². The molecule has 96 valence electrons. The lowest BCUT2D eigenvalue weighted by molar-refractivity contribution is -0.135. The number of piperidine rings is 1. The number of hydrogen-bond donors (Lipinski definition) is 3. The third-order valence-corrected chi connectivity index (χ3v) is 2.58. The normalized spacial score (nSPS) is 16.4. The zero-order valence-corrected chi connectivity index (χ0v) is 9.73. The Labute approximate surface area is 99.2 Å². The molecule has 0 unspecified atom stereocenters. The third-order valence-electron chi connectivity index (χ3n) is 2.58. The first kappa shape index (κ1) is 13.3. The summed E-state index contributed by atoms with van der Waals surface area (Å²) in [6.45, 7) is 2.14. The van der Waals surface area contributed by atoms with E-state index in [0.717, 1.165) is 0 Å². The third kappa shape index (κ3) is 4.71. The first-order valence-corrected chi connectivity index (χ1v) is 5.50. The second-order valence-electron chi connectivity index (χ2n) is 4.01. The fraction of sp³-hybridized carbons (Fsp3) is 0.700. The van der Waals surface area contributed by atoms with Gasteiger partial charge in [0, 0.05) is 26.1 Å². The summed E-state index contributed by atoms with van der Waals surface area (Å²) < 4.78 is 0. The van der Waals surface area contributed by atoms with Gasteiger partial charge >= 0.3 is 12.0 Å². The molecule has 0 spiro atoms. The molecule has 1 saturated heterocycles. The van der Waals surface area contributed by atoms with Crippen LogP contribution >= 0.6 is 0 Å². The number of hydrogen-bond acceptors (Lipinski definition) is 3. The van der Waals surface area contributed by atoms with Crippen molar-refractivity contribution in [3.8, 4) is 0 Å². The Morgan fingerprint density at radius 1 is 1.29 bits per heavy atom. The minimum atomic E-state index is -1.06. The largest absolute Gasteiger partial charge is 0.480 e. The summed E-state index contributed by atoms with van der Waals surface area (Å²) in [5, 5.41) is 13.5. The van der Waals surface area contributed by atoms with Gasteiger partial charge in [-0.2, -0.15) is 0 Å². The standard InChI is InChI=1S/C10H17N3O4/c1-7(14)12-8-2-4-13(5-3-8)10(17)11-6-9(15)16/h8H,2-6H2,1H3,(H,11,17)(H,12,14)(H,15,16). The molecule has 0 saturated carbocycles. The molecule has 0 aromatic heterocycles. The summed E-state index contributed by atoms with van der Waals surface area (Å²) in [5.41, 5.74) is 0. The highest BCUT2D eigenvalue weighted by Gasteiger charge is 2.23. The van der Waals surface area contributed by atoms with Crippen LogP contribution in [0.15, 0.2) is 0 Å². The Morgan fingerprint density at radius 2 is 1.88 bits per heavy atom. The lowest BCUT2D eigenvalue weighted by Gasteiger charge is -2.32. The molecule has 3 amide bonds. The number of carboxylic acids is 1. The molecule has 7 nitrogen and oxygen atoms in total. The average molecular weight is 243 g/mol. The predicted octanol–water partition coefficient (Wildman–Crippen LogP) is -0.619. The molecule has 17 heavy (non-hydrogen) atoms. The van der Waals surface area contributed by atoms with E-state index in [1.807, 2.05) is 0 Å². The van der Waals surface area contributed by atoms with Crippen molar-refractivity contribution in [2.45, 2.75) is 25.8 Å². The van der Waals surface area contributed by atoms with Gasteiger partial charge in [-0.05, 0) is 12.8 Å². The molecule has 1 aliphatic rings. The molecular weight excluding hydrogens is 226 g/mol. The van der Waals surface area contributed by atoms with Gasteiger partial charge in [0.15, 0.2) is 0 Å². The second-order valence-corrected chi connectivity index (χ2v) is 4.01. The van der Waals surface area contributed by atoms with E-state index >= 15 is 0 Å². The van der Waals surface area contributed by atoms with Crippen molar-refractivity contribution < 1.29 is 19.5 Å². The molecular formula is C10H17N3O4. The smallest absolute Gasteiger partial charge is 0.323 e. The molecule has 0 bridgehead atoms. The van der Waals surface area contributed by atoms with E-state index in [1.165, 1.54) is 6.92 Å². The van der Waals surface area contributed by atoms with Crippen molar-refractivity contribution in [3.05, 3.63) is 0 Å². The molecule has 7 heteroatoms. The quantitative estimate of drug-likeness (QED) is 0.615. The highest BCUT2D eigenvalue weighted by molar-refractivity contribution is 5.80. The number of carboxylic acid groups (broad SMARTS) is 1. The number of amides is 3. The van der Waals surface area contributed by atoms with Crippen molar-refractivity contribution in [1.29, 1.82) is 0 Å². The van der Waals surface area contributed by atoms with Gasteiger partial charge in [0.05, 0.1) is 0 Å². The lowest BCUT2D eigenvalue weighted by Crippen LogP contribution is -2.49. The number of rotatable bonds is 3. The van der Waals surface area contributed by atoms with E-state index in [9.17, 15) is 14.4 Å². The SMILES string of the molecule is CC(=O)NC1CCN(C(=O)NCC(=O)O)CC1. The maximum absolute atomic E-state index is 11.5. The Balaban J connectivity index is 2.28. The summed E-state index contributed by atoms with van der Waals surface area (Å²) in [7, 11) is 0. The van der Waals surface area contributed by atoms with E-state index in [2.05, 4.69) is 10.6 Å². The van der Waals surface area contributed by atoms with Crippen LogP contribution in [0.25, 0.3) is 0 Å². The molecule has 1 fully saturated rings. The van der Waals surface area contributed by atoms with Gasteiger partial charge in [-0.1, -0.05) is 0 Å². The number of nitrogens with zero attached hydrogens (tertiary/aromatic N) is 1. The van der Waals surface area contributed by atoms with E-state index in [1.54, 1.807) is 4.90 Å². The Bertz CT molecular complexity index is 311. The number of carbonyl (C=O) groups excluding carboxylic acids is 2. The van der Waals surface area contributed by atoms with Crippen molar-refractivity contribution in [2.24, 2.45) is 0 Å². The zero-order valence-electron chi connectivity index (χ0n) is 9.73. The molecule has 0 radical (unpaired) electrons. The maximum atomic E-state index is 11.5. The summed E-state index contributed by atoms with van der Waals surface area (Å²) in [6.07, 6.45) is 1.39. The number of nitrogens with one attached hydrogen (secondary N) is 2. The molecule has 1 heterocycles. The summed E-state index contributed by atoms with van der Waals surface area (Å²) in [5.74, 6) is -1.13. The number of carbonyl (C=O) groups is 3. The summed E-state index contributed by atoms with van der Waals surface area (Å²) in [4.78, 5) is 34.2. The molecule has 0 aliphatic carbocycles. The fourth-order valence-electron chi connectivity index (χ4n) is 1.78. The highest BCUT2D eigenvalue weighted by Crippen LogP contribution is 2.10. The van der Waals surface area contributed by atoms with Crippen LogP contribution < -0.4 is 10.6 Å². The number of likely N-dealkylation sites (tertiary alicyclic amines) is 1. The van der Waals surface area contributed by atoms with Crippen LogP contribution in [0.1, 0.15) is 19.8 Å². The Hall–Kier alpha value is -1.79. The lowest BCUT2D eigenvalue weighted by atomic mass is 10.1. The van der Waals surface area contributed by atoms with E-state index in [0.29, 0.717) is 25.9 Å². The van der Waals surface area contributed by atoms with Gasteiger partial charge in [0.25, 0.3) is 0 Å². The molecule has 0 aromatic rings. The monoisotopic (exact) mass is 243 g/mol. The van der Waals surface area contributed by atoms with Crippen molar-refractivity contribution in [2.75, 3.05) is 19.6 Å². The van der Waals surface area contributed by atoms with Gasteiger partial charge in [0.1, 0.15) is 6.54 Å². The van der Waals surface area contributed by atoms with Crippen LogP contribution in [0.3, 0.4) is 0 Å². The topological polar surface area (TPSA) is 98.7 Å². The molecule has 0 aromatic carbocycles. The van der Waals surface area contributed by atoms with E-state index in [-0.39, 0.29) is 24.5 Å². The van der Waals surface area contributed by atoms with Crippen LogP contribution in [0.4, 0.5) is 4.79 Å². The van der Waals surface area contributed by atoms with Gasteiger partial charge < -0.3 is 20.6 Å². The predicted molar refractivity (Wildman–Crippen MR) is 59.4 cm³/mol. The molecule has 0 atom stereocenters. The minimum absolute atomic E-state index is 0.0706. The molecule has 1 aliphatic heterocycles. The van der Waals surface area contributed by atoms with Crippen LogP contribution in [0, 0.1) is 0 Å². The van der Waals surface area contributed by atoms with Crippen molar-refractivity contribution >= 4 is 17.9 Å². The molecule has 1 rings (SSSR count). The van der Waals surface area contributed by atoms with Crippen LogP contribution in [-0.2, 0) is 9.59 Å². The van der Waals surface area contributed by atoms with Gasteiger partial charge in [0.2, 0.25) is 5.91 Å². The maximum Gasteiger partial charge on any atom is 0.323 e. The van der Waals surface area contributed by atoms with Crippen LogP contribution in [-0.4, -0.2) is 53.6 Å². The van der Waals surface area contributed by atoms with E-state index in [4.69, 9.17) is 5.11 Å². The zero-order chi connectivity index (χ0) is 12.8. The Kier molecular flexibility index (Phi) is 4.74. The second kappa shape index (κ2) is 6.07. The van der Waals surface area contributed by atoms with Crippen molar-refractivity contribution in [1.82, 2.24) is 15.5 Å². The van der Waals surface area contributed by atoms with Gasteiger partial charge in [-0.25, -0.2) is 4.79 Å². The van der Waals surface area contributed by atoms with E-state index < -0.39 is 5.97 Å². The number of urea groups is 1. The first-order chi connectivity index (χ1) is 7.99. The summed E-state index contributed by atoms with van der Waals surface area (Å²) >= 11 is 0. The Morgan fingerprint density at radius 3 is 2.35 bits per heavy atom. The van der Waals surface area contributed by atoms with Gasteiger partial charge in [-0.3, -0.25) is 9.59 Å². The molecule has 3 N–H and O–H groups in total. The number of aliphatic carboxylic acids is 1. The minimum Gasteiger partial charge on any atom is -0.480 e. The first-order valence-electron chi connectivity index (χ1n) is 5.50.